The van der Waals surface area contributed by atoms with Crippen LogP contribution in [0.25, 0.3) is 10.9 Å². The summed E-state index contributed by atoms with van der Waals surface area (Å²) in [5, 5.41) is 14.4. The molecule has 6 heteroatoms. The van der Waals surface area contributed by atoms with Crippen LogP contribution in [0.15, 0.2) is 48.5 Å². The van der Waals surface area contributed by atoms with E-state index >= 15 is 0 Å². The van der Waals surface area contributed by atoms with Crippen molar-refractivity contribution in [3.63, 3.8) is 0 Å². The molecule has 1 fully saturated rings. The Morgan fingerprint density at radius 3 is 2.72 bits per heavy atom. The molecule has 6 nitrogen and oxygen atoms in total. The van der Waals surface area contributed by atoms with Crippen LogP contribution < -0.4 is 10.1 Å². The van der Waals surface area contributed by atoms with Crippen molar-refractivity contribution in [1.29, 1.82) is 0 Å². The lowest BCUT2D eigenvalue weighted by molar-refractivity contribution is 0.0684. The fourth-order valence-corrected chi connectivity index (χ4v) is 4.04. The number of nitrogens with zero attached hydrogens (tertiary/aromatic N) is 1. The first-order valence-electron chi connectivity index (χ1n) is 9.96. The number of ether oxygens (including phenoxy) is 2. The summed E-state index contributed by atoms with van der Waals surface area (Å²) < 4.78 is 12.8. The van der Waals surface area contributed by atoms with E-state index < -0.39 is 5.97 Å². The maximum absolute atomic E-state index is 12.2. The molecule has 3 aromatic rings. The van der Waals surface area contributed by atoms with E-state index in [9.17, 15) is 9.90 Å². The smallest absolute Gasteiger partial charge is 0.352 e. The summed E-state index contributed by atoms with van der Waals surface area (Å²) >= 11 is 0. The molecule has 29 heavy (non-hydrogen) atoms. The molecule has 4 rings (SSSR count). The Morgan fingerprint density at radius 1 is 1.24 bits per heavy atom. The number of para-hydroxylation sites is 1. The van der Waals surface area contributed by atoms with Crippen LogP contribution in [0.4, 0.5) is 0 Å². The Kier molecular flexibility index (Phi) is 5.83. The lowest BCUT2D eigenvalue weighted by Crippen LogP contribution is -2.26. The number of carbonyl (C=O) groups is 1. The van der Waals surface area contributed by atoms with Crippen LogP contribution >= 0.6 is 0 Å². The highest BCUT2D eigenvalue weighted by Gasteiger charge is 2.23. The molecule has 0 amide bonds. The van der Waals surface area contributed by atoms with Gasteiger partial charge in [0.05, 0.1) is 13.2 Å². The normalized spacial score (nSPS) is 16.4. The van der Waals surface area contributed by atoms with Crippen LogP contribution in [-0.2, 0) is 17.8 Å². The van der Waals surface area contributed by atoms with Crippen molar-refractivity contribution in [2.45, 2.75) is 32.0 Å². The summed E-state index contributed by atoms with van der Waals surface area (Å²) in [5.74, 6) is -0.132. The molecule has 1 aliphatic rings. The molecule has 1 saturated heterocycles. The van der Waals surface area contributed by atoms with E-state index in [-0.39, 0.29) is 6.10 Å². The second-order valence-corrected chi connectivity index (χ2v) is 7.35. The number of methoxy groups -OCH3 is 1. The first-order chi connectivity index (χ1) is 14.2. The van der Waals surface area contributed by atoms with Gasteiger partial charge in [-0.1, -0.05) is 30.3 Å². The topological polar surface area (TPSA) is 72.7 Å². The summed E-state index contributed by atoms with van der Waals surface area (Å²) in [6.07, 6.45) is 2.36. The number of rotatable bonds is 8. The van der Waals surface area contributed by atoms with Crippen LogP contribution in [0.3, 0.4) is 0 Å². The molecule has 0 radical (unpaired) electrons. The van der Waals surface area contributed by atoms with Crippen LogP contribution in [0.5, 0.6) is 5.75 Å². The van der Waals surface area contributed by atoms with E-state index in [0.29, 0.717) is 18.8 Å². The highest BCUT2D eigenvalue weighted by Crippen LogP contribution is 2.28. The fraction of sp³-hybridized carbons (Fsp3) is 0.348. The van der Waals surface area contributed by atoms with Crippen molar-refractivity contribution in [1.82, 2.24) is 9.88 Å². The van der Waals surface area contributed by atoms with E-state index in [1.54, 1.807) is 7.11 Å². The lowest BCUT2D eigenvalue weighted by Gasteiger charge is -2.12. The Morgan fingerprint density at radius 2 is 2.03 bits per heavy atom. The quantitative estimate of drug-likeness (QED) is 0.610. The molecule has 2 aromatic carbocycles. The molecular formula is C23H26N2O4. The Hall–Kier alpha value is -2.83. The molecule has 0 spiro atoms. The van der Waals surface area contributed by atoms with Crippen molar-refractivity contribution < 1.29 is 19.4 Å². The summed E-state index contributed by atoms with van der Waals surface area (Å²) in [6.45, 7) is 2.53. The van der Waals surface area contributed by atoms with Gasteiger partial charge in [0.1, 0.15) is 11.4 Å². The van der Waals surface area contributed by atoms with Gasteiger partial charge in [-0.3, -0.25) is 0 Å². The highest BCUT2D eigenvalue weighted by atomic mass is 16.5. The summed E-state index contributed by atoms with van der Waals surface area (Å²) in [6, 6.07) is 15.6. The van der Waals surface area contributed by atoms with Gasteiger partial charge >= 0.3 is 5.97 Å². The third kappa shape index (κ3) is 4.13. The molecule has 152 valence electrons. The average molecular weight is 394 g/mol. The van der Waals surface area contributed by atoms with Gasteiger partial charge in [0.15, 0.2) is 0 Å². The number of benzene rings is 2. The second-order valence-electron chi connectivity index (χ2n) is 7.35. The number of hydrogen-bond acceptors (Lipinski definition) is 4. The zero-order valence-electron chi connectivity index (χ0n) is 16.6. The van der Waals surface area contributed by atoms with Crippen LogP contribution in [0.1, 0.15) is 34.5 Å². The molecule has 0 aliphatic carbocycles. The number of aromatic carboxylic acids is 1. The standard InChI is InChI=1S/C23H26N2O4/c1-28-17-10-8-16(9-11-17)15-25-21-7-3-2-6-19(21)20(22(25)23(26)27)14-24-13-18-5-4-12-29-18/h2-3,6-11,18,24H,4-5,12-15H2,1H3,(H,26,27). The molecule has 1 atom stereocenters. The third-order valence-corrected chi connectivity index (χ3v) is 5.48. The number of hydrogen-bond donors (Lipinski definition) is 2. The number of carboxylic acid groups (broad SMARTS) is 1. The van der Waals surface area contributed by atoms with E-state index in [4.69, 9.17) is 9.47 Å². The monoisotopic (exact) mass is 394 g/mol. The Bertz CT molecular complexity index is 988. The van der Waals surface area contributed by atoms with Crippen molar-refractivity contribution in [2.75, 3.05) is 20.3 Å². The van der Waals surface area contributed by atoms with Crippen molar-refractivity contribution in [3.8, 4) is 5.75 Å². The SMILES string of the molecule is COc1ccc(Cn2c(C(=O)O)c(CNCC3CCCO3)c3ccccc32)cc1. The highest BCUT2D eigenvalue weighted by molar-refractivity contribution is 5.98. The van der Waals surface area contributed by atoms with Crippen LogP contribution in [0.2, 0.25) is 0 Å². The number of fused-ring (bicyclic) bond motifs is 1. The van der Waals surface area contributed by atoms with Gasteiger partial charge in [-0.15, -0.1) is 0 Å². The zero-order valence-corrected chi connectivity index (χ0v) is 16.6. The van der Waals surface area contributed by atoms with Gasteiger partial charge in [0, 0.05) is 42.7 Å². The lowest BCUT2D eigenvalue weighted by atomic mass is 10.1. The number of carboxylic acids is 1. The summed E-state index contributed by atoms with van der Waals surface area (Å²) in [7, 11) is 1.63. The summed E-state index contributed by atoms with van der Waals surface area (Å²) in [5.41, 5.74) is 3.10. The molecule has 0 saturated carbocycles. The molecule has 2 heterocycles. The number of nitrogens with one attached hydrogen (secondary N) is 1. The van der Waals surface area contributed by atoms with Gasteiger partial charge in [-0.25, -0.2) is 4.79 Å². The van der Waals surface area contributed by atoms with Gasteiger partial charge in [0.2, 0.25) is 0 Å². The Balaban J connectivity index is 1.66. The minimum absolute atomic E-state index is 0.218. The maximum Gasteiger partial charge on any atom is 0.352 e. The molecular weight excluding hydrogens is 368 g/mol. The maximum atomic E-state index is 12.2. The van der Waals surface area contributed by atoms with E-state index in [1.165, 1.54) is 0 Å². The van der Waals surface area contributed by atoms with Gasteiger partial charge < -0.3 is 24.5 Å². The first kappa shape index (κ1) is 19.5. The predicted molar refractivity (Wildman–Crippen MR) is 112 cm³/mol. The molecule has 1 aliphatic heterocycles. The number of aromatic nitrogens is 1. The van der Waals surface area contributed by atoms with E-state index in [1.807, 2.05) is 53.1 Å². The largest absolute Gasteiger partial charge is 0.497 e. The second kappa shape index (κ2) is 8.68. The summed E-state index contributed by atoms with van der Waals surface area (Å²) in [4.78, 5) is 12.2. The van der Waals surface area contributed by atoms with Crippen molar-refractivity contribution in [3.05, 3.63) is 65.4 Å². The third-order valence-electron chi connectivity index (χ3n) is 5.48. The first-order valence-corrected chi connectivity index (χ1v) is 9.96. The minimum Gasteiger partial charge on any atom is -0.497 e. The average Bonchev–Trinajstić information content (AvgIpc) is 3.36. The molecule has 0 bridgehead atoms. The van der Waals surface area contributed by atoms with Crippen LogP contribution in [0, 0.1) is 0 Å². The van der Waals surface area contributed by atoms with Gasteiger partial charge in [-0.2, -0.15) is 0 Å². The Labute approximate surface area is 170 Å². The van der Waals surface area contributed by atoms with E-state index in [2.05, 4.69) is 5.32 Å². The van der Waals surface area contributed by atoms with Crippen LogP contribution in [-0.4, -0.2) is 42.0 Å². The predicted octanol–water partition coefficient (Wildman–Crippen LogP) is 3.67. The zero-order chi connectivity index (χ0) is 20.2. The van der Waals surface area contributed by atoms with Crippen molar-refractivity contribution in [2.24, 2.45) is 0 Å². The molecule has 1 aromatic heterocycles. The van der Waals surface area contributed by atoms with Gasteiger partial charge in [-0.05, 0) is 36.6 Å². The molecule has 1 unspecified atom stereocenters. The fourth-order valence-electron chi connectivity index (χ4n) is 4.04. The van der Waals surface area contributed by atoms with Gasteiger partial charge in [0.25, 0.3) is 0 Å². The van der Waals surface area contributed by atoms with Crippen molar-refractivity contribution >= 4 is 16.9 Å². The minimum atomic E-state index is -0.913. The van der Waals surface area contributed by atoms with E-state index in [0.717, 1.165) is 53.8 Å². The molecule has 2 N–H and O–H groups in total.